The van der Waals surface area contributed by atoms with Crippen LogP contribution < -0.4 is 5.32 Å². The maximum Gasteiger partial charge on any atom is 0.398 e. The number of benzene rings is 2. The fraction of sp³-hybridized carbons (Fsp3) is 0.250. The minimum absolute atomic E-state index is 0.176. The van der Waals surface area contributed by atoms with Crippen LogP contribution in [0.25, 0.3) is 0 Å². The lowest BCUT2D eigenvalue weighted by Crippen LogP contribution is -2.11. The highest BCUT2D eigenvalue weighted by molar-refractivity contribution is 7.99. The molecule has 0 fully saturated rings. The van der Waals surface area contributed by atoms with Crippen LogP contribution in [-0.2, 0) is 6.54 Å². The van der Waals surface area contributed by atoms with Gasteiger partial charge in [-0.05, 0) is 42.3 Å². The summed E-state index contributed by atoms with van der Waals surface area (Å²) < 4.78 is 51.0. The first-order chi connectivity index (χ1) is 10.7. The molecule has 2 aromatic rings. The van der Waals surface area contributed by atoms with E-state index in [0.29, 0.717) is 33.8 Å². The molecule has 0 heterocycles. The van der Waals surface area contributed by atoms with Gasteiger partial charge in [-0.1, -0.05) is 23.7 Å². The molecule has 0 aliphatic carbocycles. The molecule has 0 amide bonds. The number of aryl methyl sites for hydroxylation is 1. The second-order valence-electron chi connectivity index (χ2n) is 4.98. The summed E-state index contributed by atoms with van der Waals surface area (Å²) in [6, 6.07) is 9.67. The monoisotopic (exact) mass is 363 g/mol. The molecule has 1 nitrogen and oxygen atoms in total. The highest BCUT2D eigenvalue weighted by atomic mass is 35.5. The van der Waals surface area contributed by atoms with E-state index in [9.17, 15) is 17.6 Å². The van der Waals surface area contributed by atoms with Gasteiger partial charge in [0.05, 0.1) is 11.4 Å². The molecule has 23 heavy (non-hydrogen) atoms. The van der Waals surface area contributed by atoms with E-state index in [2.05, 4.69) is 5.32 Å². The molecule has 0 aromatic heterocycles. The highest BCUT2D eigenvalue weighted by Gasteiger charge is 2.27. The summed E-state index contributed by atoms with van der Waals surface area (Å²) in [4.78, 5) is 0.405. The zero-order valence-corrected chi connectivity index (χ0v) is 13.7. The lowest BCUT2D eigenvalue weighted by atomic mass is 10.2. The summed E-state index contributed by atoms with van der Waals surface area (Å²) in [5.41, 5.74) is 1.54. The van der Waals surface area contributed by atoms with Crippen molar-refractivity contribution in [3.05, 3.63) is 58.4 Å². The lowest BCUT2D eigenvalue weighted by molar-refractivity contribution is -0.105. The number of alkyl halides is 3. The number of hydrogen-bond donors (Lipinski definition) is 1. The number of halogens is 5. The average Bonchev–Trinajstić information content (AvgIpc) is 2.46. The van der Waals surface area contributed by atoms with Gasteiger partial charge in [0.1, 0.15) is 5.82 Å². The summed E-state index contributed by atoms with van der Waals surface area (Å²) >= 11 is 6.44. The van der Waals surface area contributed by atoms with Crippen molar-refractivity contribution in [2.24, 2.45) is 0 Å². The van der Waals surface area contributed by atoms with Gasteiger partial charge in [-0.2, -0.15) is 13.2 Å². The molecule has 1 N–H and O–H groups in total. The Morgan fingerprint density at radius 2 is 1.78 bits per heavy atom. The van der Waals surface area contributed by atoms with E-state index >= 15 is 0 Å². The predicted molar refractivity (Wildman–Crippen MR) is 86.7 cm³/mol. The Morgan fingerprint density at radius 1 is 1.13 bits per heavy atom. The van der Waals surface area contributed by atoms with Crippen LogP contribution in [0.1, 0.15) is 11.1 Å². The fourth-order valence-electron chi connectivity index (χ4n) is 1.90. The third kappa shape index (κ3) is 5.62. The van der Waals surface area contributed by atoms with Gasteiger partial charge in [-0.15, -0.1) is 11.8 Å². The van der Waals surface area contributed by atoms with Crippen molar-refractivity contribution in [1.29, 1.82) is 0 Å². The van der Waals surface area contributed by atoms with Crippen LogP contribution in [0.2, 0.25) is 5.02 Å². The van der Waals surface area contributed by atoms with Crippen molar-refractivity contribution in [3.8, 4) is 0 Å². The van der Waals surface area contributed by atoms with Gasteiger partial charge in [0.25, 0.3) is 0 Å². The average molecular weight is 364 g/mol. The highest BCUT2D eigenvalue weighted by Crippen LogP contribution is 2.32. The summed E-state index contributed by atoms with van der Waals surface area (Å²) in [5.74, 6) is -1.50. The van der Waals surface area contributed by atoms with Crippen molar-refractivity contribution >= 4 is 29.1 Å². The zero-order valence-electron chi connectivity index (χ0n) is 12.2. The van der Waals surface area contributed by atoms with Gasteiger partial charge >= 0.3 is 6.18 Å². The van der Waals surface area contributed by atoms with Crippen molar-refractivity contribution in [2.75, 3.05) is 11.1 Å². The Morgan fingerprint density at radius 3 is 2.39 bits per heavy atom. The molecule has 0 saturated carbocycles. The van der Waals surface area contributed by atoms with Crippen LogP contribution in [-0.4, -0.2) is 11.9 Å². The molecule has 0 aliphatic heterocycles. The Kier molecular flexibility index (Phi) is 5.81. The molecule has 0 atom stereocenters. The molecule has 0 spiro atoms. The third-order valence-corrected chi connectivity index (χ3v) is 4.53. The Labute approximate surface area is 141 Å². The van der Waals surface area contributed by atoms with Crippen LogP contribution in [0.15, 0.2) is 41.3 Å². The fourth-order valence-corrected chi connectivity index (χ4v) is 2.84. The summed E-state index contributed by atoms with van der Waals surface area (Å²) in [6.45, 7) is 1.94. The van der Waals surface area contributed by atoms with Crippen molar-refractivity contribution < 1.29 is 17.6 Å². The van der Waals surface area contributed by atoms with Gasteiger partial charge in [-0.3, -0.25) is 0 Å². The smallest absolute Gasteiger partial charge is 0.379 e. The molecular formula is C16H14ClF4NS. The first-order valence-corrected chi connectivity index (χ1v) is 8.09. The van der Waals surface area contributed by atoms with Crippen LogP contribution in [0, 0.1) is 12.7 Å². The van der Waals surface area contributed by atoms with Crippen LogP contribution in [0.3, 0.4) is 0 Å². The molecule has 0 radical (unpaired) electrons. The molecule has 2 rings (SSSR count). The number of rotatable bonds is 5. The van der Waals surface area contributed by atoms with E-state index in [1.807, 2.05) is 0 Å². The van der Waals surface area contributed by atoms with Crippen LogP contribution in [0.4, 0.5) is 23.2 Å². The quantitative estimate of drug-likeness (QED) is 0.512. The van der Waals surface area contributed by atoms with Crippen molar-refractivity contribution in [2.45, 2.75) is 24.5 Å². The summed E-state index contributed by atoms with van der Waals surface area (Å²) in [6.07, 6.45) is -4.26. The van der Waals surface area contributed by atoms with Crippen LogP contribution in [0.5, 0.6) is 0 Å². The minimum Gasteiger partial charge on any atom is -0.379 e. The normalized spacial score (nSPS) is 11.6. The first kappa shape index (κ1) is 17.9. The van der Waals surface area contributed by atoms with E-state index in [1.165, 1.54) is 12.1 Å². The third-order valence-electron chi connectivity index (χ3n) is 3.05. The molecule has 0 unspecified atom stereocenters. The number of anilines is 1. The number of thioether (sulfide) groups is 1. The lowest BCUT2D eigenvalue weighted by Gasteiger charge is -2.13. The summed E-state index contributed by atoms with van der Waals surface area (Å²) in [5, 5.41) is 3.50. The maximum absolute atomic E-state index is 14.0. The van der Waals surface area contributed by atoms with E-state index in [1.54, 1.807) is 31.2 Å². The van der Waals surface area contributed by atoms with E-state index in [0.717, 1.165) is 5.56 Å². The van der Waals surface area contributed by atoms with Gasteiger partial charge in [0.15, 0.2) is 0 Å². The van der Waals surface area contributed by atoms with Gasteiger partial charge < -0.3 is 5.32 Å². The molecule has 2 aromatic carbocycles. The van der Waals surface area contributed by atoms with E-state index in [4.69, 9.17) is 11.6 Å². The molecule has 0 bridgehead atoms. The Balaban J connectivity index is 2.10. The molecule has 7 heteroatoms. The first-order valence-electron chi connectivity index (χ1n) is 6.72. The largest absolute Gasteiger partial charge is 0.398 e. The topological polar surface area (TPSA) is 12.0 Å². The zero-order chi connectivity index (χ0) is 17.0. The second-order valence-corrected chi connectivity index (χ2v) is 6.44. The van der Waals surface area contributed by atoms with Crippen LogP contribution >= 0.6 is 23.4 Å². The Bertz CT molecular complexity index is 671. The molecule has 0 aliphatic rings. The van der Waals surface area contributed by atoms with Gasteiger partial charge in [-0.25, -0.2) is 4.39 Å². The number of hydrogen-bond acceptors (Lipinski definition) is 2. The van der Waals surface area contributed by atoms with E-state index < -0.39 is 17.7 Å². The Hall–Kier alpha value is -1.40. The SMILES string of the molecule is Cc1cc(F)c(NCc2ccc(Cl)cc2)cc1SCC(F)(F)F. The molecule has 0 saturated heterocycles. The minimum atomic E-state index is -4.26. The van der Waals surface area contributed by atoms with Gasteiger partial charge in [0, 0.05) is 16.5 Å². The standard InChI is InChI=1S/C16H14ClF4NS/c1-10-6-13(18)14(7-15(10)23-9-16(19,20)21)22-8-11-2-4-12(17)5-3-11/h2-7,22H,8-9H2,1H3. The van der Waals surface area contributed by atoms with E-state index in [-0.39, 0.29) is 5.69 Å². The molecular weight excluding hydrogens is 350 g/mol. The van der Waals surface area contributed by atoms with Crippen molar-refractivity contribution in [1.82, 2.24) is 0 Å². The van der Waals surface area contributed by atoms with Crippen molar-refractivity contribution in [3.63, 3.8) is 0 Å². The number of nitrogens with one attached hydrogen (secondary N) is 1. The van der Waals surface area contributed by atoms with Gasteiger partial charge in [0.2, 0.25) is 0 Å². The maximum atomic E-state index is 14.0. The molecule has 124 valence electrons. The predicted octanol–water partition coefficient (Wildman–Crippen LogP) is 6.05. The summed E-state index contributed by atoms with van der Waals surface area (Å²) in [7, 11) is 0. The second kappa shape index (κ2) is 7.45.